The fraction of sp³-hybridized carbons (Fsp3) is 0.158. The molecular formula is C19H17ClN4O3S. The van der Waals surface area contributed by atoms with Gasteiger partial charge in [-0.25, -0.2) is 0 Å². The number of hydrogen-bond donors (Lipinski definition) is 2. The van der Waals surface area contributed by atoms with Crippen LogP contribution in [0.2, 0.25) is 5.02 Å². The normalized spacial score (nSPS) is 11.5. The first-order chi connectivity index (χ1) is 13.5. The average Bonchev–Trinajstić information content (AvgIpc) is 3.16. The Morgan fingerprint density at radius 3 is 2.50 bits per heavy atom. The summed E-state index contributed by atoms with van der Waals surface area (Å²) in [4.78, 5) is 24.6. The summed E-state index contributed by atoms with van der Waals surface area (Å²) in [5.41, 5.74) is 1.17. The number of halogens is 1. The number of nitrogens with one attached hydrogen (secondary N) is 2. The fourth-order valence-corrected chi connectivity index (χ4v) is 3.30. The fourth-order valence-electron chi connectivity index (χ4n) is 2.32. The molecule has 9 heteroatoms. The zero-order chi connectivity index (χ0) is 20.1. The van der Waals surface area contributed by atoms with E-state index in [0.29, 0.717) is 20.7 Å². The molecule has 0 aliphatic heterocycles. The molecule has 3 rings (SSSR count). The molecule has 144 valence electrons. The first-order valence-electron chi connectivity index (χ1n) is 8.32. The maximum atomic E-state index is 12.4. The number of carbonyl (C=O) groups is 2. The molecule has 7 nitrogen and oxygen atoms in total. The molecule has 2 aromatic carbocycles. The molecule has 1 heterocycles. The second-order valence-electron chi connectivity index (χ2n) is 5.81. The summed E-state index contributed by atoms with van der Waals surface area (Å²) < 4.78 is 5.13. The van der Waals surface area contributed by atoms with Gasteiger partial charge in [0.15, 0.2) is 0 Å². The summed E-state index contributed by atoms with van der Waals surface area (Å²) in [5.74, 6) is -0.0906. The van der Waals surface area contributed by atoms with Crippen LogP contribution >= 0.6 is 22.9 Å². The molecular weight excluding hydrogens is 400 g/mol. The Labute approximate surface area is 170 Å². The van der Waals surface area contributed by atoms with Crippen LogP contribution in [0, 0.1) is 0 Å². The van der Waals surface area contributed by atoms with Crippen LogP contribution in [0.1, 0.15) is 17.3 Å². The third-order valence-corrected chi connectivity index (χ3v) is 5.07. The number of ether oxygens (including phenoxy) is 1. The van der Waals surface area contributed by atoms with E-state index in [4.69, 9.17) is 16.3 Å². The SMILES string of the molecule is COc1ccc(-c2nnc(NC(=O)[C@@H](C)NC(=O)c3ccccc3Cl)s2)cc1. The molecule has 0 radical (unpaired) electrons. The maximum absolute atomic E-state index is 12.4. The van der Waals surface area contributed by atoms with E-state index in [1.165, 1.54) is 11.3 Å². The molecule has 3 aromatic rings. The van der Waals surface area contributed by atoms with Crippen molar-refractivity contribution in [3.63, 3.8) is 0 Å². The Balaban J connectivity index is 1.62. The lowest BCUT2D eigenvalue weighted by Gasteiger charge is -2.13. The van der Waals surface area contributed by atoms with E-state index >= 15 is 0 Å². The van der Waals surface area contributed by atoms with Crippen molar-refractivity contribution in [1.82, 2.24) is 15.5 Å². The van der Waals surface area contributed by atoms with Gasteiger partial charge in [0, 0.05) is 5.56 Å². The van der Waals surface area contributed by atoms with Crippen LogP contribution < -0.4 is 15.4 Å². The van der Waals surface area contributed by atoms with Gasteiger partial charge < -0.3 is 10.1 Å². The standard InChI is InChI=1S/C19H17ClN4O3S/c1-11(21-17(26)14-5-3-4-6-15(14)20)16(25)22-19-24-23-18(28-19)12-7-9-13(27-2)10-8-12/h3-11H,1-2H3,(H,21,26)(H,22,24,25)/t11-/m1/s1. The number of anilines is 1. The highest BCUT2D eigenvalue weighted by Crippen LogP contribution is 2.27. The monoisotopic (exact) mass is 416 g/mol. The number of nitrogens with zero attached hydrogens (tertiary/aromatic N) is 2. The third-order valence-electron chi connectivity index (χ3n) is 3.85. The highest BCUT2D eigenvalue weighted by atomic mass is 35.5. The minimum atomic E-state index is -0.780. The lowest BCUT2D eigenvalue weighted by Crippen LogP contribution is -2.41. The van der Waals surface area contributed by atoms with Gasteiger partial charge in [-0.05, 0) is 43.3 Å². The zero-order valence-electron chi connectivity index (χ0n) is 15.1. The van der Waals surface area contributed by atoms with Crippen LogP contribution in [0.15, 0.2) is 48.5 Å². The number of rotatable bonds is 6. The van der Waals surface area contributed by atoms with E-state index < -0.39 is 17.9 Å². The van der Waals surface area contributed by atoms with Crippen molar-refractivity contribution in [1.29, 1.82) is 0 Å². The lowest BCUT2D eigenvalue weighted by molar-refractivity contribution is -0.117. The number of hydrogen-bond acceptors (Lipinski definition) is 6. The summed E-state index contributed by atoms with van der Waals surface area (Å²) in [5, 5.41) is 14.7. The average molecular weight is 417 g/mol. The molecule has 1 aromatic heterocycles. The van der Waals surface area contributed by atoms with Crippen molar-refractivity contribution in [2.24, 2.45) is 0 Å². The molecule has 2 N–H and O–H groups in total. The summed E-state index contributed by atoms with van der Waals surface area (Å²) >= 11 is 7.24. The van der Waals surface area contributed by atoms with Crippen LogP contribution in [-0.2, 0) is 4.79 Å². The van der Waals surface area contributed by atoms with E-state index in [9.17, 15) is 9.59 Å². The molecule has 0 aliphatic carbocycles. The van der Waals surface area contributed by atoms with Crippen LogP contribution in [0.25, 0.3) is 10.6 Å². The van der Waals surface area contributed by atoms with Crippen LogP contribution in [-0.4, -0.2) is 35.2 Å². The number of amides is 2. The highest BCUT2D eigenvalue weighted by molar-refractivity contribution is 7.18. The van der Waals surface area contributed by atoms with Gasteiger partial charge >= 0.3 is 0 Å². The molecule has 1 atom stereocenters. The number of carbonyl (C=O) groups excluding carboxylic acids is 2. The molecule has 0 aliphatic rings. The Bertz CT molecular complexity index is 991. The molecule has 0 spiro atoms. The molecule has 0 saturated carbocycles. The summed E-state index contributed by atoms with van der Waals surface area (Å²) in [7, 11) is 1.60. The van der Waals surface area contributed by atoms with Crippen molar-refractivity contribution >= 4 is 39.9 Å². The van der Waals surface area contributed by atoms with Crippen molar-refractivity contribution < 1.29 is 14.3 Å². The van der Waals surface area contributed by atoms with Gasteiger partial charge in [-0.15, -0.1) is 10.2 Å². The second-order valence-corrected chi connectivity index (χ2v) is 7.19. The van der Waals surface area contributed by atoms with Crippen molar-refractivity contribution in [3.8, 4) is 16.3 Å². The Morgan fingerprint density at radius 2 is 1.82 bits per heavy atom. The number of methoxy groups -OCH3 is 1. The number of benzene rings is 2. The predicted molar refractivity (Wildman–Crippen MR) is 109 cm³/mol. The highest BCUT2D eigenvalue weighted by Gasteiger charge is 2.19. The van der Waals surface area contributed by atoms with E-state index in [1.54, 1.807) is 38.3 Å². The van der Waals surface area contributed by atoms with E-state index in [1.807, 2.05) is 24.3 Å². The molecule has 2 amide bonds. The van der Waals surface area contributed by atoms with Gasteiger partial charge in [0.1, 0.15) is 16.8 Å². The quantitative estimate of drug-likeness (QED) is 0.640. The molecule has 0 fully saturated rings. The Morgan fingerprint density at radius 1 is 1.11 bits per heavy atom. The van der Waals surface area contributed by atoms with Crippen LogP contribution in [0.4, 0.5) is 5.13 Å². The van der Waals surface area contributed by atoms with E-state index in [0.717, 1.165) is 11.3 Å². The third kappa shape index (κ3) is 4.65. The van der Waals surface area contributed by atoms with Gasteiger partial charge in [0.2, 0.25) is 11.0 Å². The smallest absolute Gasteiger partial charge is 0.253 e. The summed E-state index contributed by atoms with van der Waals surface area (Å²) in [6, 6.07) is 13.2. The first-order valence-corrected chi connectivity index (χ1v) is 9.51. The van der Waals surface area contributed by atoms with Gasteiger partial charge in [-0.3, -0.25) is 14.9 Å². The topological polar surface area (TPSA) is 93.2 Å². The van der Waals surface area contributed by atoms with Gasteiger partial charge in [0.25, 0.3) is 5.91 Å². The van der Waals surface area contributed by atoms with Gasteiger partial charge in [0.05, 0.1) is 17.7 Å². The van der Waals surface area contributed by atoms with E-state index in [2.05, 4.69) is 20.8 Å². The first kappa shape index (κ1) is 19.8. The van der Waals surface area contributed by atoms with Crippen LogP contribution in [0.5, 0.6) is 5.75 Å². The zero-order valence-corrected chi connectivity index (χ0v) is 16.7. The maximum Gasteiger partial charge on any atom is 0.253 e. The second kappa shape index (κ2) is 8.81. The minimum absolute atomic E-state index is 0.307. The van der Waals surface area contributed by atoms with Gasteiger partial charge in [-0.2, -0.15) is 0 Å². The Hall–Kier alpha value is -2.97. The van der Waals surface area contributed by atoms with Gasteiger partial charge in [-0.1, -0.05) is 35.1 Å². The molecule has 0 unspecified atom stereocenters. The van der Waals surface area contributed by atoms with Crippen molar-refractivity contribution in [3.05, 3.63) is 59.1 Å². The van der Waals surface area contributed by atoms with E-state index in [-0.39, 0.29) is 0 Å². The van der Waals surface area contributed by atoms with Crippen molar-refractivity contribution in [2.75, 3.05) is 12.4 Å². The van der Waals surface area contributed by atoms with Crippen molar-refractivity contribution in [2.45, 2.75) is 13.0 Å². The summed E-state index contributed by atoms with van der Waals surface area (Å²) in [6.45, 7) is 1.58. The van der Waals surface area contributed by atoms with Crippen LogP contribution in [0.3, 0.4) is 0 Å². The Kier molecular flexibility index (Phi) is 6.23. The summed E-state index contributed by atoms with van der Waals surface area (Å²) in [6.07, 6.45) is 0. The molecule has 0 saturated heterocycles. The number of aromatic nitrogens is 2. The predicted octanol–water partition coefficient (Wildman–Crippen LogP) is 3.62. The molecule has 28 heavy (non-hydrogen) atoms. The largest absolute Gasteiger partial charge is 0.497 e. The minimum Gasteiger partial charge on any atom is -0.497 e. The lowest BCUT2D eigenvalue weighted by atomic mass is 10.2. The molecule has 0 bridgehead atoms.